The highest BCUT2D eigenvalue weighted by atomic mass is 16.4. The van der Waals surface area contributed by atoms with Crippen LogP contribution < -0.4 is 0 Å². The van der Waals surface area contributed by atoms with Crippen LogP contribution in [-0.2, 0) is 4.79 Å². The van der Waals surface area contributed by atoms with Crippen LogP contribution in [-0.4, -0.2) is 22.3 Å². The summed E-state index contributed by atoms with van der Waals surface area (Å²) in [6.45, 7) is 4.87. The topological polar surface area (TPSA) is 57.5 Å². The zero-order valence-corrected chi connectivity index (χ0v) is 5.29. The van der Waals surface area contributed by atoms with Gasteiger partial charge in [0.25, 0.3) is 0 Å². The van der Waals surface area contributed by atoms with Crippen LogP contribution in [0, 0.1) is 0 Å². The molecule has 0 amide bonds. The number of carbonyl (C=O) groups is 1. The Labute approximate surface area is 53.6 Å². The molecule has 0 rings (SSSR count). The van der Waals surface area contributed by atoms with E-state index in [0.717, 1.165) is 0 Å². The lowest BCUT2D eigenvalue weighted by Crippen LogP contribution is -2.15. The summed E-state index contributed by atoms with van der Waals surface area (Å²) >= 11 is 0. The summed E-state index contributed by atoms with van der Waals surface area (Å²) in [6.07, 6.45) is -0.506. The van der Waals surface area contributed by atoms with Crippen molar-refractivity contribution in [1.29, 1.82) is 0 Å². The van der Waals surface area contributed by atoms with E-state index >= 15 is 0 Å². The van der Waals surface area contributed by atoms with Crippen molar-refractivity contribution in [3.63, 3.8) is 0 Å². The molecule has 0 aliphatic carbocycles. The number of hydrogen-bond donors (Lipinski definition) is 2. The van der Waals surface area contributed by atoms with Crippen molar-refractivity contribution in [2.75, 3.05) is 0 Å². The number of aliphatic hydroxyl groups excluding tert-OH is 1. The van der Waals surface area contributed by atoms with Gasteiger partial charge in [-0.1, -0.05) is 13.5 Å². The van der Waals surface area contributed by atoms with Crippen LogP contribution in [0.25, 0.3) is 0 Å². The predicted molar refractivity (Wildman–Crippen MR) is 33.1 cm³/mol. The average molecular weight is 130 g/mol. The average Bonchev–Trinajstić information content (AvgIpc) is 1.84. The fourth-order valence-electron chi connectivity index (χ4n) is 0.389. The smallest absolute Gasteiger partial charge is 0.333 e. The molecule has 0 radical (unpaired) electrons. The molecule has 0 saturated carbocycles. The number of aliphatic carboxylic acids is 1. The zero-order chi connectivity index (χ0) is 7.44. The fourth-order valence-corrected chi connectivity index (χ4v) is 0.389. The molecule has 1 atom stereocenters. The van der Waals surface area contributed by atoms with E-state index < -0.39 is 12.1 Å². The van der Waals surface area contributed by atoms with E-state index in [1.54, 1.807) is 6.92 Å². The van der Waals surface area contributed by atoms with E-state index in [1.165, 1.54) is 0 Å². The van der Waals surface area contributed by atoms with Crippen molar-refractivity contribution >= 4 is 5.97 Å². The van der Waals surface area contributed by atoms with Gasteiger partial charge in [0, 0.05) is 0 Å². The second-order valence-corrected chi connectivity index (χ2v) is 1.75. The maximum absolute atomic E-state index is 10.0. The van der Waals surface area contributed by atoms with Crippen LogP contribution in [0.2, 0.25) is 0 Å². The van der Waals surface area contributed by atoms with Crippen LogP contribution in [0.4, 0.5) is 0 Å². The largest absolute Gasteiger partial charge is 0.478 e. The lowest BCUT2D eigenvalue weighted by molar-refractivity contribution is -0.133. The molecule has 0 unspecified atom stereocenters. The minimum atomic E-state index is -1.13. The second-order valence-electron chi connectivity index (χ2n) is 1.75. The Bertz CT molecular complexity index is 128. The Morgan fingerprint density at radius 3 is 2.33 bits per heavy atom. The van der Waals surface area contributed by atoms with Gasteiger partial charge in [-0.15, -0.1) is 0 Å². The van der Waals surface area contributed by atoms with Gasteiger partial charge in [-0.05, 0) is 6.42 Å². The monoisotopic (exact) mass is 130 g/mol. The standard InChI is InChI=1S/C6H10O3/c1-3-5(7)4(2)6(8)9/h5,7H,2-3H2,1H3,(H,8,9)/t5-/m0/s1. The Morgan fingerprint density at radius 1 is 1.78 bits per heavy atom. The number of aliphatic hydroxyl groups is 1. The third-order valence-corrected chi connectivity index (χ3v) is 1.06. The van der Waals surface area contributed by atoms with Crippen molar-refractivity contribution in [2.45, 2.75) is 19.4 Å². The van der Waals surface area contributed by atoms with Gasteiger partial charge in [0.1, 0.15) is 0 Å². The minimum Gasteiger partial charge on any atom is -0.478 e. The van der Waals surface area contributed by atoms with Gasteiger partial charge in [0.15, 0.2) is 0 Å². The highest BCUT2D eigenvalue weighted by Crippen LogP contribution is 2.02. The fraction of sp³-hybridized carbons (Fsp3) is 0.500. The molecule has 9 heavy (non-hydrogen) atoms. The van der Waals surface area contributed by atoms with Crippen molar-refractivity contribution in [2.24, 2.45) is 0 Å². The van der Waals surface area contributed by atoms with Gasteiger partial charge in [-0.3, -0.25) is 0 Å². The van der Waals surface area contributed by atoms with Crippen molar-refractivity contribution < 1.29 is 15.0 Å². The molecular weight excluding hydrogens is 120 g/mol. The van der Waals surface area contributed by atoms with E-state index in [9.17, 15) is 4.79 Å². The lowest BCUT2D eigenvalue weighted by Gasteiger charge is -2.04. The molecule has 0 aliphatic heterocycles. The molecule has 0 aromatic heterocycles. The number of carboxylic acid groups (broad SMARTS) is 1. The SMILES string of the molecule is C=C(C(=O)O)[C@@H](O)CC. The van der Waals surface area contributed by atoms with E-state index in [-0.39, 0.29) is 5.57 Å². The Hall–Kier alpha value is -0.830. The van der Waals surface area contributed by atoms with Gasteiger partial charge in [-0.25, -0.2) is 4.79 Å². The van der Waals surface area contributed by atoms with Gasteiger partial charge in [0.05, 0.1) is 11.7 Å². The first kappa shape index (κ1) is 8.17. The maximum Gasteiger partial charge on any atom is 0.333 e. The van der Waals surface area contributed by atoms with E-state index in [2.05, 4.69) is 6.58 Å². The molecular formula is C6H10O3. The third-order valence-electron chi connectivity index (χ3n) is 1.06. The highest BCUT2D eigenvalue weighted by molar-refractivity contribution is 5.86. The highest BCUT2D eigenvalue weighted by Gasteiger charge is 2.11. The third kappa shape index (κ3) is 2.28. The molecule has 0 fully saturated rings. The molecule has 0 aromatic carbocycles. The normalized spacial score (nSPS) is 12.7. The first-order valence-corrected chi connectivity index (χ1v) is 2.69. The predicted octanol–water partition coefficient (Wildman–Crippen LogP) is 0.398. The van der Waals surface area contributed by atoms with E-state index in [0.29, 0.717) is 6.42 Å². The molecule has 0 aliphatic rings. The second kappa shape index (κ2) is 3.25. The lowest BCUT2D eigenvalue weighted by atomic mass is 10.1. The molecule has 0 aromatic rings. The van der Waals surface area contributed by atoms with Crippen LogP contribution in [0.15, 0.2) is 12.2 Å². The molecule has 52 valence electrons. The summed E-state index contributed by atoms with van der Waals surface area (Å²) in [7, 11) is 0. The molecule has 0 heterocycles. The molecule has 2 N–H and O–H groups in total. The number of rotatable bonds is 3. The van der Waals surface area contributed by atoms with E-state index in [4.69, 9.17) is 10.2 Å². The summed E-state index contributed by atoms with van der Waals surface area (Å²) in [5.41, 5.74) is -0.141. The van der Waals surface area contributed by atoms with Gasteiger partial charge < -0.3 is 10.2 Å². The first-order valence-electron chi connectivity index (χ1n) is 2.69. The van der Waals surface area contributed by atoms with Crippen LogP contribution in [0.3, 0.4) is 0 Å². The maximum atomic E-state index is 10.0. The summed E-state index contributed by atoms with van der Waals surface area (Å²) in [5.74, 6) is -1.13. The quantitative estimate of drug-likeness (QED) is 0.543. The van der Waals surface area contributed by atoms with Crippen LogP contribution in [0.5, 0.6) is 0 Å². The van der Waals surface area contributed by atoms with Crippen molar-refractivity contribution in [3.05, 3.63) is 12.2 Å². The Morgan fingerprint density at radius 2 is 2.22 bits per heavy atom. The van der Waals surface area contributed by atoms with Crippen molar-refractivity contribution in [3.8, 4) is 0 Å². The minimum absolute atomic E-state index is 0.141. The Balaban J connectivity index is 3.88. The molecule has 3 nitrogen and oxygen atoms in total. The molecule has 3 heteroatoms. The number of hydrogen-bond acceptors (Lipinski definition) is 2. The first-order chi connectivity index (χ1) is 4.09. The summed E-state index contributed by atoms with van der Waals surface area (Å²) in [5, 5.41) is 17.0. The van der Waals surface area contributed by atoms with Gasteiger partial charge in [-0.2, -0.15) is 0 Å². The zero-order valence-electron chi connectivity index (χ0n) is 5.29. The molecule has 0 bridgehead atoms. The van der Waals surface area contributed by atoms with Crippen LogP contribution in [0.1, 0.15) is 13.3 Å². The molecule has 0 saturated heterocycles. The Kier molecular flexibility index (Phi) is 2.95. The summed E-state index contributed by atoms with van der Waals surface area (Å²) in [6, 6.07) is 0. The summed E-state index contributed by atoms with van der Waals surface area (Å²) in [4.78, 5) is 10.0. The summed E-state index contributed by atoms with van der Waals surface area (Å²) < 4.78 is 0. The van der Waals surface area contributed by atoms with Gasteiger partial charge in [0.2, 0.25) is 0 Å². The van der Waals surface area contributed by atoms with Crippen LogP contribution >= 0.6 is 0 Å². The van der Waals surface area contributed by atoms with Gasteiger partial charge >= 0.3 is 5.97 Å². The van der Waals surface area contributed by atoms with Crippen molar-refractivity contribution in [1.82, 2.24) is 0 Å². The van der Waals surface area contributed by atoms with E-state index in [1.807, 2.05) is 0 Å². The molecule has 0 spiro atoms. The number of carboxylic acids is 1.